The van der Waals surface area contributed by atoms with Gasteiger partial charge in [-0.25, -0.2) is 4.68 Å². The molecule has 1 N–H and O–H groups in total. The molecule has 15 heavy (non-hydrogen) atoms. The average molecular weight is 272 g/mol. The van der Waals surface area contributed by atoms with E-state index >= 15 is 0 Å². The van der Waals surface area contributed by atoms with E-state index in [1.165, 1.54) is 4.68 Å². The van der Waals surface area contributed by atoms with Gasteiger partial charge in [-0.15, -0.1) is 6.58 Å². The van der Waals surface area contributed by atoms with Gasteiger partial charge in [-0.2, -0.15) is 5.10 Å². The Hall–Kier alpha value is -1.10. The molecule has 0 spiro atoms. The van der Waals surface area contributed by atoms with E-state index < -0.39 is 0 Å². The van der Waals surface area contributed by atoms with Crippen LogP contribution in [0.15, 0.2) is 28.1 Å². The molecule has 5 heteroatoms. The van der Waals surface area contributed by atoms with Crippen molar-refractivity contribution in [1.82, 2.24) is 9.78 Å². The summed E-state index contributed by atoms with van der Waals surface area (Å²) in [5, 5.41) is 7.12. The first-order valence-corrected chi connectivity index (χ1v) is 5.44. The second kappa shape index (κ2) is 5.11. The standard InChI is InChI=1S/C10H14BrN3O/c1-4-5-7(2)13-8-6-12-14(3)10(15)9(8)11/h4,6-7,13H,1,5H2,2-3H3. The minimum atomic E-state index is -0.147. The fraction of sp³-hybridized carbons (Fsp3) is 0.400. The number of hydrogen-bond donors (Lipinski definition) is 1. The Morgan fingerprint density at radius 2 is 2.47 bits per heavy atom. The van der Waals surface area contributed by atoms with Crippen molar-refractivity contribution in [3.8, 4) is 0 Å². The Kier molecular flexibility index (Phi) is 4.08. The van der Waals surface area contributed by atoms with E-state index in [4.69, 9.17) is 0 Å². The van der Waals surface area contributed by atoms with Crippen LogP contribution in [0.25, 0.3) is 0 Å². The third-order valence-corrected chi connectivity index (χ3v) is 2.77. The van der Waals surface area contributed by atoms with Crippen LogP contribution in [0.5, 0.6) is 0 Å². The van der Waals surface area contributed by atoms with Gasteiger partial charge in [-0.1, -0.05) is 6.08 Å². The molecule has 0 aromatic carbocycles. The van der Waals surface area contributed by atoms with Gasteiger partial charge >= 0.3 is 0 Å². The van der Waals surface area contributed by atoms with Gasteiger partial charge in [0.05, 0.1) is 11.9 Å². The SMILES string of the molecule is C=CCC(C)Nc1cnn(C)c(=O)c1Br. The Balaban J connectivity index is 2.92. The second-order valence-corrected chi connectivity index (χ2v) is 4.16. The monoisotopic (exact) mass is 271 g/mol. The van der Waals surface area contributed by atoms with Gasteiger partial charge in [-0.3, -0.25) is 4.79 Å². The van der Waals surface area contributed by atoms with E-state index in [1.807, 2.05) is 13.0 Å². The number of halogens is 1. The molecule has 1 aromatic rings. The molecule has 0 bridgehead atoms. The molecule has 1 unspecified atom stereocenters. The highest BCUT2D eigenvalue weighted by atomic mass is 79.9. The highest BCUT2D eigenvalue weighted by Gasteiger charge is 2.08. The molecular weight excluding hydrogens is 258 g/mol. The molecule has 0 aliphatic rings. The molecule has 0 fully saturated rings. The van der Waals surface area contributed by atoms with Gasteiger partial charge in [0.15, 0.2) is 0 Å². The van der Waals surface area contributed by atoms with E-state index in [9.17, 15) is 4.79 Å². The van der Waals surface area contributed by atoms with Crippen LogP contribution in [0.1, 0.15) is 13.3 Å². The third kappa shape index (κ3) is 2.92. The van der Waals surface area contributed by atoms with Crippen molar-refractivity contribution in [3.63, 3.8) is 0 Å². The molecule has 82 valence electrons. The summed E-state index contributed by atoms with van der Waals surface area (Å²) in [5.74, 6) is 0. The minimum absolute atomic E-state index is 0.147. The van der Waals surface area contributed by atoms with Crippen molar-refractivity contribution in [2.75, 3.05) is 5.32 Å². The smallest absolute Gasteiger partial charge is 0.282 e. The number of aryl methyl sites for hydroxylation is 1. The zero-order valence-corrected chi connectivity index (χ0v) is 10.4. The van der Waals surface area contributed by atoms with Crippen molar-refractivity contribution >= 4 is 21.6 Å². The first-order valence-electron chi connectivity index (χ1n) is 4.65. The molecule has 0 aliphatic heterocycles. The summed E-state index contributed by atoms with van der Waals surface area (Å²) >= 11 is 3.25. The van der Waals surface area contributed by atoms with Crippen LogP contribution in [-0.4, -0.2) is 15.8 Å². The van der Waals surface area contributed by atoms with Gasteiger partial charge in [0.1, 0.15) is 4.47 Å². The lowest BCUT2D eigenvalue weighted by Gasteiger charge is -2.14. The summed E-state index contributed by atoms with van der Waals surface area (Å²) in [7, 11) is 1.62. The van der Waals surface area contributed by atoms with Crippen molar-refractivity contribution < 1.29 is 0 Å². The summed E-state index contributed by atoms with van der Waals surface area (Å²) in [4.78, 5) is 11.5. The Bertz CT molecular complexity index is 414. The van der Waals surface area contributed by atoms with Crippen LogP contribution < -0.4 is 10.9 Å². The zero-order chi connectivity index (χ0) is 11.4. The Morgan fingerprint density at radius 3 is 3.07 bits per heavy atom. The molecule has 0 saturated heterocycles. The van der Waals surface area contributed by atoms with Crippen molar-refractivity contribution in [1.29, 1.82) is 0 Å². The molecule has 0 aliphatic carbocycles. The van der Waals surface area contributed by atoms with Crippen LogP contribution in [0.2, 0.25) is 0 Å². The van der Waals surface area contributed by atoms with Gasteiger partial charge in [0.2, 0.25) is 0 Å². The van der Waals surface area contributed by atoms with E-state index in [2.05, 4.69) is 32.9 Å². The quantitative estimate of drug-likeness (QED) is 0.852. The average Bonchev–Trinajstić information content (AvgIpc) is 2.20. The first kappa shape index (κ1) is 12.0. The topological polar surface area (TPSA) is 46.9 Å². The highest BCUT2D eigenvalue weighted by Crippen LogP contribution is 2.17. The van der Waals surface area contributed by atoms with Crippen LogP contribution in [0, 0.1) is 0 Å². The van der Waals surface area contributed by atoms with Crippen LogP contribution in [0.4, 0.5) is 5.69 Å². The summed E-state index contributed by atoms with van der Waals surface area (Å²) in [6, 6.07) is 0.229. The second-order valence-electron chi connectivity index (χ2n) is 3.37. The molecule has 1 heterocycles. The number of nitrogens with one attached hydrogen (secondary N) is 1. The van der Waals surface area contributed by atoms with Crippen molar-refractivity contribution in [3.05, 3.63) is 33.7 Å². The van der Waals surface area contributed by atoms with Crippen LogP contribution >= 0.6 is 15.9 Å². The summed E-state index contributed by atoms with van der Waals surface area (Å²) in [6.45, 7) is 5.68. The molecular formula is C10H14BrN3O. The van der Waals surface area contributed by atoms with Crippen molar-refractivity contribution in [2.24, 2.45) is 7.05 Å². The minimum Gasteiger partial charge on any atom is -0.380 e. The maximum atomic E-state index is 11.5. The Morgan fingerprint density at radius 1 is 1.80 bits per heavy atom. The molecule has 1 atom stereocenters. The lowest BCUT2D eigenvalue weighted by Crippen LogP contribution is -2.23. The summed E-state index contributed by atoms with van der Waals surface area (Å²) in [6.07, 6.45) is 4.30. The van der Waals surface area contributed by atoms with Crippen LogP contribution in [0.3, 0.4) is 0 Å². The molecule has 0 radical (unpaired) electrons. The van der Waals surface area contributed by atoms with Crippen LogP contribution in [-0.2, 0) is 7.05 Å². The predicted octanol–water partition coefficient (Wildman–Crippen LogP) is 1.92. The molecule has 1 aromatic heterocycles. The largest absolute Gasteiger partial charge is 0.380 e. The fourth-order valence-corrected chi connectivity index (χ4v) is 1.66. The fourth-order valence-electron chi connectivity index (χ4n) is 1.19. The van der Waals surface area contributed by atoms with E-state index in [1.54, 1.807) is 13.2 Å². The summed E-state index contributed by atoms with van der Waals surface area (Å²) < 4.78 is 1.80. The lowest BCUT2D eigenvalue weighted by atomic mass is 10.2. The molecule has 4 nitrogen and oxygen atoms in total. The molecule has 1 rings (SSSR count). The maximum absolute atomic E-state index is 11.5. The lowest BCUT2D eigenvalue weighted by molar-refractivity contribution is 0.699. The normalized spacial score (nSPS) is 12.2. The zero-order valence-electron chi connectivity index (χ0n) is 8.83. The van der Waals surface area contributed by atoms with Gasteiger partial charge in [0.25, 0.3) is 5.56 Å². The number of hydrogen-bond acceptors (Lipinski definition) is 3. The van der Waals surface area contributed by atoms with Gasteiger partial charge < -0.3 is 5.32 Å². The van der Waals surface area contributed by atoms with E-state index in [-0.39, 0.29) is 11.6 Å². The summed E-state index contributed by atoms with van der Waals surface area (Å²) in [5.41, 5.74) is 0.568. The number of nitrogens with zero attached hydrogens (tertiary/aromatic N) is 2. The number of anilines is 1. The van der Waals surface area contributed by atoms with E-state index in [0.717, 1.165) is 6.42 Å². The molecule has 0 saturated carbocycles. The maximum Gasteiger partial charge on any atom is 0.282 e. The van der Waals surface area contributed by atoms with Gasteiger partial charge in [-0.05, 0) is 29.3 Å². The number of rotatable bonds is 4. The van der Waals surface area contributed by atoms with Gasteiger partial charge in [0, 0.05) is 13.1 Å². The predicted molar refractivity (Wildman–Crippen MR) is 65.1 cm³/mol. The third-order valence-electron chi connectivity index (χ3n) is 2.00. The number of aromatic nitrogens is 2. The Labute approximate surface area is 97.1 Å². The van der Waals surface area contributed by atoms with E-state index in [0.29, 0.717) is 10.2 Å². The first-order chi connectivity index (χ1) is 7.06. The van der Waals surface area contributed by atoms with Crippen molar-refractivity contribution in [2.45, 2.75) is 19.4 Å². The highest BCUT2D eigenvalue weighted by molar-refractivity contribution is 9.10. The molecule has 0 amide bonds.